The third-order valence-corrected chi connectivity index (χ3v) is 10.8. The number of hydrogen-bond donors (Lipinski definition) is 0. The summed E-state index contributed by atoms with van der Waals surface area (Å²) in [5, 5.41) is 4.75. The van der Waals surface area contributed by atoms with E-state index in [0.717, 1.165) is 78.0 Å². The Labute approximate surface area is 312 Å². The van der Waals surface area contributed by atoms with Gasteiger partial charge in [0.25, 0.3) is 0 Å². The van der Waals surface area contributed by atoms with E-state index < -0.39 is 0 Å². The van der Waals surface area contributed by atoms with E-state index in [9.17, 15) is 0 Å². The molecule has 0 saturated heterocycles. The Balaban J connectivity index is 1.00. The van der Waals surface area contributed by atoms with E-state index in [1.165, 1.54) is 33.0 Å². The fourth-order valence-electron chi connectivity index (χ4n) is 8.11. The van der Waals surface area contributed by atoms with Gasteiger partial charge in [-0.3, -0.25) is 0 Å². The Bertz CT molecular complexity index is 3030. The SMILES string of the molecule is c1ccc(-c2cc(-c3cccc(-c4ccc5ccc6ccc(-c7ccc8c(c7)-c7cccc9cccc-8c79)nc6c5n4)c3)cc(-c3ccccc3)n2)cc1. The summed E-state index contributed by atoms with van der Waals surface area (Å²) in [5.74, 6) is 0. The summed E-state index contributed by atoms with van der Waals surface area (Å²) in [7, 11) is 0. The number of aromatic nitrogens is 3. The first-order chi connectivity index (χ1) is 26.7. The predicted octanol–water partition coefficient (Wildman–Crippen LogP) is 13.3. The zero-order valence-corrected chi connectivity index (χ0v) is 29.2. The lowest BCUT2D eigenvalue weighted by Gasteiger charge is -2.12. The molecule has 3 heterocycles. The minimum absolute atomic E-state index is 0.900. The number of nitrogens with zero attached hydrogens (tertiary/aromatic N) is 3. The third-order valence-electron chi connectivity index (χ3n) is 10.8. The second kappa shape index (κ2) is 12.2. The maximum Gasteiger partial charge on any atom is 0.0972 e. The van der Waals surface area contributed by atoms with Gasteiger partial charge in [0.2, 0.25) is 0 Å². The molecule has 0 amide bonds. The molecule has 0 radical (unpaired) electrons. The van der Waals surface area contributed by atoms with E-state index >= 15 is 0 Å². The molecule has 3 heteroatoms. The van der Waals surface area contributed by atoms with Crippen molar-refractivity contribution in [3.63, 3.8) is 0 Å². The summed E-state index contributed by atoms with van der Waals surface area (Å²) in [4.78, 5) is 15.7. The van der Waals surface area contributed by atoms with Crippen molar-refractivity contribution < 1.29 is 0 Å². The third kappa shape index (κ3) is 5.02. The maximum atomic E-state index is 5.31. The number of benzene rings is 7. The molecule has 250 valence electrons. The quantitative estimate of drug-likeness (QED) is 0.169. The molecule has 3 aromatic heterocycles. The molecular weight excluding hydrogens is 655 g/mol. The molecule has 3 nitrogen and oxygen atoms in total. The number of rotatable bonds is 5. The van der Waals surface area contributed by atoms with E-state index in [1.807, 2.05) is 12.1 Å². The summed E-state index contributed by atoms with van der Waals surface area (Å²) in [6.45, 7) is 0. The van der Waals surface area contributed by atoms with Gasteiger partial charge in [0.1, 0.15) is 0 Å². The zero-order valence-electron chi connectivity index (χ0n) is 29.2. The van der Waals surface area contributed by atoms with Crippen molar-refractivity contribution >= 4 is 32.6 Å². The highest BCUT2D eigenvalue weighted by atomic mass is 14.8. The van der Waals surface area contributed by atoms with E-state index in [-0.39, 0.29) is 0 Å². The molecule has 54 heavy (non-hydrogen) atoms. The summed E-state index contributed by atoms with van der Waals surface area (Å²) in [6.07, 6.45) is 0. The van der Waals surface area contributed by atoms with Crippen molar-refractivity contribution in [2.75, 3.05) is 0 Å². The molecule has 7 aromatic carbocycles. The van der Waals surface area contributed by atoms with Crippen LogP contribution in [0.5, 0.6) is 0 Å². The van der Waals surface area contributed by atoms with E-state index in [1.54, 1.807) is 0 Å². The highest BCUT2D eigenvalue weighted by molar-refractivity contribution is 6.15. The summed E-state index contributed by atoms with van der Waals surface area (Å²) < 4.78 is 0. The molecule has 11 rings (SSSR count). The lowest BCUT2D eigenvalue weighted by atomic mass is 9.97. The van der Waals surface area contributed by atoms with Crippen LogP contribution in [0, 0.1) is 0 Å². The summed E-state index contributed by atoms with van der Waals surface area (Å²) in [6, 6.07) is 66.6. The molecule has 1 aliphatic rings. The van der Waals surface area contributed by atoms with Crippen LogP contribution in [0.2, 0.25) is 0 Å². The first-order valence-electron chi connectivity index (χ1n) is 18.3. The molecule has 0 saturated carbocycles. The standard InChI is InChI=1S/C51H31N3/c1-3-10-32(11-4-1)47-30-40(31-48(52-47)33-12-5-2-6-13-33)37-16-7-17-38(28-37)45-26-23-35-20-21-36-24-27-46(54-51(36)50(35)53-45)39-22-25-41-42-18-8-14-34-15-9-19-43(49(34)42)44(41)29-39/h1-31H. The lowest BCUT2D eigenvalue weighted by molar-refractivity contribution is 1.32. The highest BCUT2D eigenvalue weighted by Crippen LogP contribution is 2.48. The second-order valence-electron chi connectivity index (χ2n) is 14.0. The monoisotopic (exact) mass is 685 g/mol. The van der Waals surface area contributed by atoms with Gasteiger partial charge < -0.3 is 0 Å². The van der Waals surface area contributed by atoms with Crippen molar-refractivity contribution in [2.24, 2.45) is 0 Å². The van der Waals surface area contributed by atoms with Crippen LogP contribution >= 0.6 is 0 Å². The average Bonchev–Trinajstić information content (AvgIpc) is 3.58. The van der Waals surface area contributed by atoms with E-state index in [2.05, 4.69) is 176 Å². The van der Waals surface area contributed by atoms with Gasteiger partial charge in [-0.25, -0.2) is 15.0 Å². The van der Waals surface area contributed by atoms with Crippen LogP contribution in [0.15, 0.2) is 188 Å². The smallest absolute Gasteiger partial charge is 0.0972 e. The van der Waals surface area contributed by atoms with Crippen LogP contribution in [0.3, 0.4) is 0 Å². The van der Waals surface area contributed by atoms with Crippen molar-refractivity contribution in [2.45, 2.75) is 0 Å². The fraction of sp³-hybridized carbons (Fsp3) is 0. The molecule has 10 aromatic rings. The Morgan fingerprint density at radius 3 is 1.39 bits per heavy atom. The molecule has 0 spiro atoms. The molecule has 1 aliphatic carbocycles. The minimum atomic E-state index is 0.900. The first-order valence-corrected chi connectivity index (χ1v) is 18.3. The van der Waals surface area contributed by atoms with Crippen molar-refractivity contribution in [1.29, 1.82) is 0 Å². The maximum absolute atomic E-state index is 5.31. The Morgan fingerprint density at radius 1 is 0.241 bits per heavy atom. The van der Waals surface area contributed by atoms with Gasteiger partial charge in [0.05, 0.1) is 33.8 Å². The van der Waals surface area contributed by atoms with E-state index in [0.29, 0.717) is 0 Å². The van der Waals surface area contributed by atoms with E-state index in [4.69, 9.17) is 15.0 Å². The van der Waals surface area contributed by atoms with Gasteiger partial charge in [-0.2, -0.15) is 0 Å². The van der Waals surface area contributed by atoms with Gasteiger partial charge in [-0.1, -0.05) is 152 Å². The van der Waals surface area contributed by atoms with Crippen LogP contribution in [0.25, 0.3) is 111 Å². The molecule has 0 bridgehead atoms. The molecular formula is C51H31N3. The fourth-order valence-corrected chi connectivity index (χ4v) is 8.11. The molecule has 0 aliphatic heterocycles. The molecule has 0 fully saturated rings. The molecule has 0 atom stereocenters. The first kappa shape index (κ1) is 30.4. The minimum Gasteiger partial charge on any atom is -0.248 e. The van der Waals surface area contributed by atoms with Crippen LogP contribution in [0.4, 0.5) is 0 Å². The Morgan fingerprint density at radius 2 is 0.759 bits per heavy atom. The van der Waals surface area contributed by atoms with Crippen molar-refractivity contribution in [3.05, 3.63) is 188 Å². The topological polar surface area (TPSA) is 38.7 Å². The van der Waals surface area contributed by atoms with Crippen molar-refractivity contribution in [1.82, 2.24) is 15.0 Å². The van der Waals surface area contributed by atoms with Gasteiger partial charge in [0, 0.05) is 33.0 Å². The zero-order chi connectivity index (χ0) is 35.6. The van der Waals surface area contributed by atoms with Crippen LogP contribution < -0.4 is 0 Å². The predicted molar refractivity (Wildman–Crippen MR) is 224 cm³/mol. The van der Waals surface area contributed by atoms with Crippen LogP contribution in [-0.4, -0.2) is 15.0 Å². The average molecular weight is 686 g/mol. The summed E-state index contributed by atoms with van der Waals surface area (Å²) in [5.41, 5.74) is 17.2. The lowest BCUT2D eigenvalue weighted by Crippen LogP contribution is -1.93. The number of fused-ring (bicyclic) bond motifs is 6. The summed E-state index contributed by atoms with van der Waals surface area (Å²) >= 11 is 0. The normalized spacial score (nSPS) is 11.7. The largest absolute Gasteiger partial charge is 0.248 e. The van der Waals surface area contributed by atoms with Gasteiger partial charge in [-0.05, 0) is 80.6 Å². The van der Waals surface area contributed by atoms with Gasteiger partial charge in [0.15, 0.2) is 0 Å². The highest BCUT2D eigenvalue weighted by Gasteiger charge is 2.22. The molecule has 0 unspecified atom stereocenters. The van der Waals surface area contributed by atoms with Gasteiger partial charge in [-0.15, -0.1) is 0 Å². The van der Waals surface area contributed by atoms with Crippen LogP contribution in [-0.2, 0) is 0 Å². The van der Waals surface area contributed by atoms with Crippen LogP contribution in [0.1, 0.15) is 0 Å². The molecule has 0 N–H and O–H groups in total. The Hall–Kier alpha value is -7.23. The second-order valence-corrected chi connectivity index (χ2v) is 14.0. The van der Waals surface area contributed by atoms with Gasteiger partial charge >= 0.3 is 0 Å². The van der Waals surface area contributed by atoms with Crippen molar-refractivity contribution in [3.8, 4) is 78.4 Å². The Kier molecular flexibility index (Phi) is 6.86. The number of hydrogen-bond acceptors (Lipinski definition) is 3. The number of pyridine rings is 3.